The number of nitrogens with zero attached hydrogens (tertiary/aromatic N) is 2. The average molecular weight is 394 g/mol. The summed E-state index contributed by atoms with van der Waals surface area (Å²) >= 11 is 0. The van der Waals surface area contributed by atoms with Crippen LogP contribution in [0.15, 0.2) is 6.07 Å². The van der Waals surface area contributed by atoms with Gasteiger partial charge in [-0.1, -0.05) is 0 Å². The number of hydrogen-bond donors (Lipinski definition) is 1. The molecule has 0 spiro atoms. The molecule has 2 unspecified atom stereocenters. The molecule has 1 N–H and O–H groups in total. The van der Waals surface area contributed by atoms with Gasteiger partial charge in [0.05, 0.1) is 21.3 Å². The molecule has 2 atom stereocenters. The highest BCUT2D eigenvalue weighted by Crippen LogP contribution is 2.46. The highest BCUT2D eigenvalue weighted by Gasteiger charge is 2.54. The summed E-state index contributed by atoms with van der Waals surface area (Å²) in [4.78, 5) is 39.4. The maximum Gasteiger partial charge on any atom is 0.258 e. The summed E-state index contributed by atoms with van der Waals surface area (Å²) < 4.78 is 16.1. The maximum absolute atomic E-state index is 13.1. The Bertz CT molecular complexity index is 823. The van der Waals surface area contributed by atoms with Crippen molar-refractivity contribution < 1.29 is 33.7 Å². The van der Waals surface area contributed by atoms with E-state index in [2.05, 4.69) is 0 Å². The smallest absolute Gasteiger partial charge is 0.258 e. The number of rotatable bonds is 5. The molecule has 9 nitrogen and oxygen atoms in total. The Morgan fingerprint density at radius 1 is 1.18 bits per heavy atom. The minimum absolute atomic E-state index is 0.235. The summed E-state index contributed by atoms with van der Waals surface area (Å²) in [5.74, 6) is -0.666. The van der Waals surface area contributed by atoms with Crippen LogP contribution in [0.5, 0.6) is 17.2 Å². The summed E-state index contributed by atoms with van der Waals surface area (Å²) in [5, 5.41) is 11.3. The maximum atomic E-state index is 13.1. The number of amides is 3. The molecule has 3 amide bonds. The van der Waals surface area contributed by atoms with E-state index in [9.17, 15) is 19.5 Å². The summed E-state index contributed by atoms with van der Waals surface area (Å²) in [6, 6.07) is 1.50. The molecule has 9 heteroatoms. The summed E-state index contributed by atoms with van der Waals surface area (Å²) in [7, 11) is 5.76. The zero-order chi connectivity index (χ0) is 21.4. The van der Waals surface area contributed by atoms with Crippen molar-refractivity contribution in [3.05, 3.63) is 17.2 Å². The van der Waals surface area contributed by atoms with Crippen LogP contribution in [0, 0.1) is 6.92 Å². The summed E-state index contributed by atoms with van der Waals surface area (Å²) in [6.07, 6.45) is -1.50. The van der Waals surface area contributed by atoms with Gasteiger partial charge in [-0.15, -0.1) is 0 Å². The lowest BCUT2D eigenvalue weighted by Crippen LogP contribution is -2.68. The molecule has 1 aromatic rings. The van der Waals surface area contributed by atoms with Crippen LogP contribution in [0.25, 0.3) is 0 Å². The number of carbonyl (C=O) groups excluding carboxylic acids is 3. The van der Waals surface area contributed by atoms with Crippen LogP contribution in [0.1, 0.15) is 31.1 Å². The molecule has 2 rings (SSSR count). The van der Waals surface area contributed by atoms with Crippen LogP contribution in [-0.4, -0.2) is 73.1 Å². The molecule has 1 aromatic carbocycles. The Labute approximate surface area is 163 Å². The van der Waals surface area contributed by atoms with Gasteiger partial charge in [0, 0.05) is 25.1 Å². The predicted octanol–water partition coefficient (Wildman–Crippen LogP) is 0.660. The molecule has 0 aliphatic carbocycles. The minimum Gasteiger partial charge on any atom is -0.496 e. The van der Waals surface area contributed by atoms with Crippen molar-refractivity contribution in [1.82, 2.24) is 9.80 Å². The minimum atomic E-state index is -1.72. The fourth-order valence-corrected chi connectivity index (χ4v) is 3.50. The Morgan fingerprint density at radius 2 is 1.75 bits per heavy atom. The number of imide groups is 1. The first-order chi connectivity index (χ1) is 13.1. The second kappa shape index (κ2) is 7.67. The molecule has 1 aliphatic heterocycles. The van der Waals surface area contributed by atoms with Crippen LogP contribution in [0.3, 0.4) is 0 Å². The van der Waals surface area contributed by atoms with E-state index in [1.54, 1.807) is 6.92 Å². The van der Waals surface area contributed by atoms with Crippen molar-refractivity contribution in [2.45, 2.75) is 32.4 Å². The van der Waals surface area contributed by atoms with Crippen LogP contribution in [0.2, 0.25) is 0 Å². The van der Waals surface area contributed by atoms with E-state index in [0.29, 0.717) is 22.8 Å². The lowest BCUT2D eigenvalue weighted by molar-refractivity contribution is -0.174. The van der Waals surface area contributed by atoms with Gasteiger partial charge in [0.1, 0.15) is 23.9 Å². The van der Waals surface area contributed by atoms with E-state index < -0.39 is 29.4 Å². The Morgan fingerprint density at radius 3 is 2.21 bits per heavy atom. The van der Waals surface area contributed by atoms with Crippen molar-refractivity contribution in [3.63, 3.8) is 0 Å². The van der Waals surface area contributed by atoms with Gasteiger partial charge in [-0.05, 0) is 19.9 Å². The topological polar surface area (TPSA) is 106 Å². The second-order valence-electron chi connectivity index (χ2n) is 6.77. The second-order valence-corrected chi connectivity index (χ2v) is 6.77. The SMILES string of the molecule is COc1cc(C(O)C2(C)C(=O)N(C(C)=O)CC(=O)N2C)c(OC)c(C)c1OC. The zero-order valence-corrected chi connectivity index (χ0v) is 17.2. The van der Waals surface area contributed by atoms with Gasteiger partial charge in [0.2, 0.25) is 11.8 Å². The molecule has 0 aromatic heterocycles. The number of benzene rings is 1. The number of aliphatic hydroxyl groups is 1. The number of aliphatic hydroxyl groups excluding tert-OH is 1. The molecular formula is C19H26N2O7. The molecular weight excluding hydrogens is 368 g/mol. The van der Waals surface area contributed by atoms with E-state index in [1.807, 2.05) is 0 Å². The van der Waals surface area contributed by atoms with Gasteiger partial charge in [0.15, 0.2) is 11.5 Å². The molecule has 0 saturated carbocycles. The number of hydrogen-bond acceptors (Lipinski definition) is 7. The van der Waals surface area contributed by atoms with Crippen molar-refractivity contribution in [1.29, 1.82) is 0 Å². The lowest BCUT2D eigenvalue weighted by Gasteiger charge is -2.47. The van der Waals surface area contributed by atoms with Crippen LogP contribution in [-0.2, 0) is 14.4 Å². The number of carbonyl (C=O) groups is 3. The zero-order valence-electron chi connectivity index (χ0n) is 17.2. The van der Waals surface area contributed by atoms with E-state index in [0.717, 1.165) is 9.80 Å². The van der Waals surface area contributed by atoms with Crippen molar-refractivity contribution in [2.24, 2.45) is 0 Å². The van der Waals surface area contributed by atoms with Gasteiger partial charge in [-0.2, -0.15) is 0 Å². The standard InChI is InChI=1S/C19H26N2O7/c1-10-15(27-6)12(8-13(26-5)16(10)28-7)17(24)19(3)18(25)21(11(2)22)9-14(23)20(19)4/h8,17,24H,9H2,1-7H3. The number of ether oxygens (including phenoxy) is 3. The van der Waals surface area contributed by atoms with E-state index in [4.69, 9.17) is 14.2 Å². The van der Waals surface area contributed by atoms with Crippen molar-refractivity contribution in [2.75, 3.05) is 34.9 Å². The summed E-state index contributed by atoms with van der Waals surface area (Å²) in [5.41, 5.74) is -0.929. The van der Waals surface area contributed by atoms with Gasteiger partial charge in [-0.3, -0.25) is 19.3 Å². The van der Waals surface area contributed by atoms with E-state index in [1.165, 1.54) is 48.3 Å². The largest absolute Gasteiger partial charge is 0.496 e. The van der Waals surface area contributed by atoms with E-state index >= 15 is 0 Å². The average Bonchev–Trinajstić information content (AvgIpc) is 2.67. The third-order valence-electron chi connectivity index (χ3n) is 5.33. The highest BCUT2D eigenvalue weighted by molar-refractivity contribution is 6.07. The van der Waals surface area contributed by atoms with Gasteiger partial charge >= 0.3 is 0 Å². The fraction of sp³-hybridized carbons (Fsp3) is 0.526. The third-order valence-corrected chi connectivity index (χ3v) is 5.33. The van der Waals surface area contributed by atoms with Crippen LogP contribution >= 0.6 is 0 Å². The normalized spacial score (nSPS) is 20.9. The molecule has 1 saturated heterocycles. The quantitative estimate of drug-likeness (QED) is 0.782. The molecule has 0 bridgehead atoms. The first-order valence-corrected chi connectivity index (χ1v) is 8.62. The number of methoxy groups -OCH3 is 3. The number of piperazine rings is 1. The first kappa shape index (κ1) is 21.5. The molecule has 1 heterocycles. The molecule has 0 radical (unpaired) electrons. The Kier molecular flexibility index (Phi) is 5.88. The number of likely N-dealkylation sites (N-methyl/N-ethyl adjacent to an activating group) is 1. The van der Waals surface area contributed by atoms with E-state index in [-0.39, 0.29) is 12.1 Å². The fourth-order valence-electron chi connectivity index (χ4n) is 3.50. The highest BCUT2D eigenvalue weighted by atomic mass is 16.5. The summed E-state index contributed by atoms with van der Waals surface area (Å²) in [6.45, 7) is 3.97. The third kappa shape index (κ3) is 3.05. The molecule has 28 heavy (non-hydrogen) atoms. The first-order valence-electron chi connectivity index (χ1n) is 8.62. The predicted molar refractivity (Wildman–Crippen MR) is 99.4 cm³/mol. The van der Waals surface area contributed by atoms with Crippen molar-refractivity contribution in [3.8, 4) is 17.2 Å². The van der Waals surface area contributed by atoms with Crippen LogP contribution < -0.4 is 14.2 Å². The molecule has 1 fully saturated rings. The molecule has 1 aliphatic rings. The van der Waals surface area contributed by atoms with Gasteiger partial charge in [0.25, 0.3) is 5.91 Å². The Hall–Kier alpha value is -2.81. The van der Waals surface area contributed by atoms with Crippen molar-refractivity contribution >= 4 is 17.7 Å². The lowest BCUT2D eigenvalue weighted by atomic mass is 9.83. The van der Waals surface area contributed by atoms with Gasteiger partial charge in [-0.25, -0.2) is 0 Å². The Balaban J connectivity index is 2.70. The molecule has 154 valence electrons. The van der Waals surface area contributed by atoms with Crippen LogP contribution in [0.4, 0.5) is 0 Å². The monoisotopic (exact) mass is 394 g/mol. The van der Waals surface area contributed by atoms with Gasteiger partial charge < -0.3 is 24.2 Å².